The summed E-state index contributed by atoms with van der Waals surface area (Å²) in [6, 6.07) is 11.8. The summed E-state index contributed by atoms with van der Waals surface area (Å²) >= 11 is 3.43. The number of hydrogen-bond acceptors (Lipinski definition) is 3. The molecule has 0 aliphatic rings. The number of nitrogens with two attached hydrogens (primary N) is 1. The minimum Gasteiger partial charge on any atom is -0.384 e. The summed E-state index contributed by atoms with van der Waals surface area (Å²) in [7, 11) is 0. The van der Waals surface area contributed by atoms with Crippen molar-refractivity contribution >= 4 is 21.7 Å². The summed E-state index contributed by atoms with van der Waals surface area (Å²) < 4.78 is 3.06. The third-order valence-electron chi connectivity index (χ3n) is 2.83. The molecule has 0 saturated carbocycles. The van der Waals surface area contributed by atoms with E-state index in [0.29, 0.717) is 5.82 Å². The number of benzene rings is 1. The molecule has 94 valence electrons. The maximum atomic E-state index is 5.61. The number of rotatable bonds is 2. The topological polar surface area (TPSA) is 56.7 Å². The van der Waals surface area contributed by atoms with Crippen LogP contribution in [0.3, 0.4) is 0 Å². The van der Waals surface area contributed by atoms with E-state index < -0.39 is 0 Å². The van der Waals surface area contributed by atoms with Gasteiger partial charge in [0.2, 0.25) is 0 Å². The Morgan fingerprint density at radius 1 is 1.00 bits per heavy atom. The minimum absolute atomic E-state index is 0.512. The largest absolute Gasteiger partial charge is 0.384 e. The molecule has 5 heteroatoms. The van der Waals surface area contributed by atoms with E-state index in [9.17, 15) is 0 Å². The first-order chi connectivity index (χ1) is 9.24. The van der Waals surface area contributed by atoms with E-state index in [-0.39, 0.29) is 0 Å². The van der Waals surface area contributed by atoms with Crippen molar-refractivity contribution < 1.29 is 0 Å². The van der Waals surface area contributed by atoms with Gasteiger partial charge in [0, 0.05) is 21.9 Å². The Bertz CT molecular complexity index is 626. The molecule has 19 heavy (non-hydrogen) atoms. The van der Waals surface area contributed by atoms with Crippen LogP contribution in [0.1, 0.15) is 0 Å². The lowest BCUT2D eigenvalue weighted by Gasteiger charge is -2.08. The molecule has 0 spiro atoms. The van der Waals surface area contributed by atoms with Crippen LogP contribution in [0.5, 0.6) is 0 Å². The number of pyridine rings is 1. The van der Waals surface area contributed by atoms with Gasteiger partial charge in [0.25, 0.3) is 0 Å². The lowest BCUT2D eigenvalue weighted by atomic mass is 10.2. The maximum Gasteiger partial charge on any atom is 0.123 e. The Hall–Kier alpha value is -2.14. The molecule has 4 nitrogen and oxygen atoms in total. The van der Waals surface area contributed by atoms with Gasteiger partial charge in [-0.2, -0.15) is 0 Å². The SMILES string of the molecule is Nc1ccc(-c2cncn2-c2ccc(Br)cc2)cn1. The quantitative estimate of drug-likeness (QED) is 0.789. The minimum atomic E-state index is 0.512. The molecular weight excluding hydrogens is 304 g/mol. The van der Waals surface area contributed by atoms with Gasteiger partial charge in [-0.15, -0.1) is 0 Å². The van der Waals surface area contributed by atoms with Crippen LogP contribution in [0.25, 0.3) is 16.9 Å². The molecule has 2 N–H and O–H groups in total. The Morgan fingerprint density at radius 2 is 1.79 bits per heavy atom. The monoisotopic (exact) mass is 314 g/mol. The third kappa shape index (κ3) is 2.37. The van der Waals surface area contributed by atoms with Crippen molar-refractivity contribution in [2.75, 3.05) is 5.73 Å². The van der Waals surface area contributed by atoms with Crippen molar-refractivity contribution in [1.82, 2.24) is 14.5 Å². The zero-order valence-electron chi connectivity index (χ0n) is 9.99. The highest BCUT2D eigenvalue weighted by molar-refractivity contribution is 9.10. The van der Waals surface area contributed by atoms with Crippen molar-refractivity contribution in [3.05, 3.63) is 59.6 Å². The Kier molecular flexibility index (Phi) is 3.05. The zero-order valence-corrected chi connectivity index (χ0v) is 11.6. The predicted molar refractivity (Wildman–Crippen MR) is 78.9 cm³/mol. The van der Waals surface area contributed by atoms with Crippen LogP contribution in [0.2, 0.25) is 0 Å². The highest BCUT2D eigenvalue weighted by Crippen LogP contribution is 2.23. The highest BCUT2D eigenvalue weighted by Gasteiger charge is 2.07. The van der Waals surface area contributed by atoms with Gasteiger partial charge in [0.05, 0.1) is 18.2 Å². The van der Waals surface area contributed by atoms with Crippen LogP contribution in [0.4, 0.5) is 5.82 Å². The van der Waals surface area contributed by atoms with E-state index in [4.69, 9.17) is 5.73 Å². The first-order valence-corrected chi connectivity index (χ1v) is 6.53. The fourth-order valence-electron chi connectivity index (χ4n) is 1.87. The number of hydrogen-bond donors (Lipinski definition) is 1. The van der Waals surface area contributed by atoms with E-state index in [0.717, 1.165) is 21.4 Å². The molecule has 0 aliphatic carbocycles. The molecule has 3 rings (SSSR count). The summed E-state index contributed by atoms with van der Waals surface area (Å²) in [6.45, 7) is 0. The highest BCUT2D eigenvalue weighted by atomic mass is 79.9. The molecule has 3 aromatic rings. The van der Waals surface area contributed by atoms with Gasteiger partial charge >= 0.3 is 0 Å². The van der Waals surface area contributed by atoms with Crippen molar-refractivity contribution in [1.29, 1.82) is 0 Å². The number of halogens is 1. The summed E-state index contributed by atoms with van der Waals surface area (Å²) in [5, 5.41) is 0. The summed E-state index contributed by atoms with van der Waals surface area (Å²) in [6.07, 6.45) is 5.35. The molecule has 1 aromatic carbocycles. The van der Waals surface area contributed by atoms with Gasteiger partial charge in [0.1, 0.15) is 5.82 Å². The lowest BCUT2D eigenvalue weighted by Crippen LogP contribution is -1.96. The van der Waals surface area contributed by atoms with Crippen molar-refractivity contribution in [2.45, 2.75) is 0 Å². The predicted octanol–water partition coefficient (Wildman–Crippen LogP) is 3.28. The molecule has 0 unspecified atom stereocenters. The molecule has 0 amide bonds. The average Bonchev–Trinajstić information content (AvgIpc) is 2.90. The van der Waals surface area contributed by atoms with Crippen LogP contribution >= 0.6 is 15.9 Å². The van der Waals surface area contributed by atoms with E-state index >= 15 is 0 Å². The average molecular weight is 315 g/mol. The number of imidazole rings is 1. The molecule has 0 fully saturated rings. The fourth-order valence-corrected chi connectivity index (χ4v) is 2.14. The molecule has 0 radical (unpaired) electrons. The molecule has 2 heterocycles. The molecule has 0 bridgehead atoms. The normalized spacial score (nSPS) is 10.6. The first kappa shape index (κ1) is 11.9. The van der Waals surface area contributed by atoms with Crippen LogP contribution in [0.15, 0.2) is 59.6 Å². The second kappa shape index (κ2) is 4.85. The molecule has 0 atom stereocenters. The summed E-state index contributed by atoms with van der Waals surface area (Å²) in [5.74, 6) is 0.512. The summed E-state index contributed by atoms with van der Waals surface area (Å²) in [4.78, 5) is 8.33. The molecule has 2 aromatic heterocycles. The van der Waals surface area contributed by atoms with Gasteiger partial charge in [-0.1, -0.05) is 15.9 Å². The first-order valence-electron chi connectivity index (χ1n) is 5.74. The Labute approximate surface area is 119 Å². The van der Waals surface area contributed by atoms with Gasteiger partial charge < -0.3 is 5.73 Å². The Morgan fingerprint density at radius 3 is 2.47 bits per heavy atom. The smallest absolute Gasteiger partial charge is 0.123 e. The number of anilines is 1. The van der Waals surface area contributed by atoms with Crippen LogP contribution < -0.4 is 5.73 Å². The fraction of sp³-hybridized carbons (Fsp3) is 0. The number of nitrogens with zero attached hydrogens (tertiary/aromatic N) is 3. The standard InChI is InChI=1S/C14H11BrN4/c15-11-2-4-12(5-3-11)19-9-17-8-13(19)10-1-6-14(16)18-7-10/h1-9H,(H2,16,18). The molecule has 0 aliphatic heterocycles. The van der Waals surface area contributed by atoms with Crippen molar-refractivity contribution in [3.8, 4) is 16.9 Å². The second-order valence-corrected chi connectivity index (χ2v) is 5.01. The van der Waals surface area contributed by atoms with Crippen molar-refractivity contribution in [2.24, 2.45) is 0 Å². The van der Waals surface area contributed by atoms with E-state index in [1.165, 1.54) is 0 Å². The van der Waals surface area contributed by atoms with Gasteiger partial charge in [-0.25, -0.2) is 9.97 Å². The van der Waals surface area contributed by atoms with Gasteiger partial charge in [-0.05, 0) is 36.4 Å². The van der Waals surface area contributed by atoms with Gasteiger partial charge in [0.15, 0.2) is 0 Å². The number of nitrogen functional groups attached to an aromatic ring is 1. The van der Waals surface area contributed by atoms with Crippen LogP contribution in [-0.2, 0) is 0 Å². The zero-order chi connectivity index (χ0) is 13.2. The van der Waals surface area contributed by atoms with Crippen molar-refractivity contribution in [3.63, 3.8) is 0 Å². The summed E-state index contributed by atoms with van der Waals surface area (Å²) in [5.41, 5.74) is 8.62. The van der Waals surface area contributed by atoms with E-state index in [1.54, 1.807) is 18.6 Å². The maximum absolute atomic E-state index is 5.61. The van der Waals surface area contributed by atoms with Crippen LogP contribution in [0, 0.1) is 0 Å². The number of aromatic nitrogens is 3. The Balaban J connectivity index is 2.07. The third-order valence-corrected chi connectivity index (χ3v) is 3.35. The second-order valence-electron chi connectivity index (χ2n) is 4.10. The molecule has 0 saturated heterocycles. The van der Waals surface area contributed by atoms with Gasteiger partial charge in [-0.3, -0.25) is 4.57 Å². The lowest BCUT2D eigenvalue weighted by molar-refractivity contribution is 1.06. The van der Waals surface area contributed by atoms with E-state index in [2.05, 4.69) is 25.9 Å². The van der Waals surface area contributed by atoms with E-state index in [1.807, 2.05) is 41.1 Å². The molecular formula is C14H11BrN4. The van der Waals surface area contributed by atoms with Crippen LogP contribution in [-0.4, -0.2) is 14.5 Å².